The molecule has 0 bridgehead atoms. The van der Waals surface area contributed by atoms with E-state index >= 15 is 0 Å². The summed E-state index contributed by atoms with van der Waals surface area (Å²) in [6.45, 7) is 1.52. The maximum Gasteiger partial charge on any atom is 0.0660 e. The van der Waals surface area contributed by atoms with Crippen molar-refractivity contribution < 1.29 is 4.74 Å². The molecule has 1 aromatic rings. The second-order valence-corrected chi connectivity index (χ2v) is 2.72. The lowest BCUT2D eigenvalue weighted by molar-refractivity contribution is 0.233. The molecule has 13 heavy (non-hydrogen) atoms. The van der Waals surface area contributed by atoms with Crippen molar-refractivity contribution in [3.63, 3.8) is 0 Å². The second kappa shape index (κ2) is 6.26. The van der Waals surface area contributed by atoms with E-state index in [9.17, 15) is 0 Å². The summed E-state index contributed by atoms with van der Waals surface area (Å²) >= 11 is 0. The standard InChI is InChI=1S/C11H15NO/c1-13-9-5-8-12-10-11-6-3-2-4-7-11/h2-8,12H,9-10H2,1H3. The Kier molecular flexibility index (Phi) is 4.72. The first-order valence-electron chi connectivity index (χ1n) is 4.34. The Hall–Kier alpha value is -1.28. The third-order valence-corrected chi connectivity index (χ3v) is 1.65. The van der Waals surface area contributed by atoms with E-state index in [-0.39, 0.29) is 0 Å². The summed E-state index contributed by atoms with van der Waals surface area (Å²) in [6.07, 6.45) is 3.86. The molecule has 0 aliphatic heterocycles. The Morgan fingerprint density at radius 3 is 2.77 bits per heavy atom. The minimum absolute atomic E-state index is 0.655. The van der Waals surface area contributed by atoms with Crippen molar-refractivity contribution in [3.8, 4) is 0 Å². The van der Waals surface area contributed by atoms with Gasteiger partial charge in [-0.15, -0.1) is 0 Å². The molecule has 0 spiro atoms. The molecule has 0 radical (unpaired) electrons. The topological polar surface area (TPSA) is 21.3 Å². The van der Waals surface area contributed by atoms with Gasteiger partial charge in [0.25, 0.3) is 0 Å². The van der Waals surface area contributed by atoms with E-state index < -0.39 is 0 Å². The van der Waals surface area contributed by atoms with Crippen molar-refractivity contribution in [1.29, 1.82) is 0 Å². The maximum absolute atomic E-state index is 4.87. The summed E-state index contributed by atoms with van der Waals surface area (Å²) in [4.78, 5) is 0. The van der Waals surface area contributed by atoms with E-state index in [1.807, 2.05) is 30.5 Å². The molecule has 0 unspecified atom stereocenters. The number of ether oxygens (including phenoxy) is 1. The SMILES string of the molecule is COCC=CNCc1ccccc1. The van der Waals surface area contributed by atoms with Crippen molar-refractivity contribution in [3.05, 3.63) is 48.2 Å². The minimum Gasteiger partial charge on any atom is -0.387 e. The average Bonchev–Trinajstić information content (AvgIpc) is 2.19. The lowest BCUT2D eigenvalue weighted by Crippen LogP contribution is -2.04. The van der Waals surface area contributed by atoms with Gasteiger partial charge in [-0.25, -0.2) is 0 Å². The zero-order valence-corrected chi connectivity index (χ0v) is 7.86. The highest BCUT2D eigenvalue weighted by Gasteiger charge is 1.85. The fraction of sp³-hybridized carbons (Fsp3) is 0.273. The first-order valence-corrected chi connectivity index (χ1v) is 4.34. The van der Waals surface area contributed by atoms with Gasteiger partial charge >= 0.3 is 0 Å². The molecule has 0 saturated heterocycles. The van der Waals surface area contributed by atoms with Crippen LogP contribution in [0.25, 0.3) is 0 Å². The highest BCUT2D eigenvalue weighted by atomic mass is 16.5. The number of nitrogens with one attached hydrogen (secondary N) is 1. The molecule has 0 saturated carbocycles. The molecule has 0 atom stereocenters. The fourth-order valence-electron chi connectivity index (χ4n) is 1.00. The molecule has 1 N–H and O–H groups in total. The number of hydrogen-bond donors (Lipinski definition) is 1. The Morgan fingerprint density at radius 2 is 2.08 bits per heavy atom. The van der Waals surface area contributed by atoms with Crippen LogP contribution in [0.1, 0.15) is 5.56 Å². The van der Waals surface area contributed by atoms with Gasteiger partial charge in [-0.2, -0.15) is 0 Å². The zero-order valence-electron chi connectivity index (χ0n) is 7.86. The molecule has 0 aliphatic rings. The number of rotatable bonds is 5. The van der Waals surface area contributed by atoms with E-state index in [1.165, 1.54) is 5.56 Å². The molecule has 2 heteroatoms. The van der Waals surface area contributed by atoms with E-state index in [1.54, 1.807) is 7.11 Å². The van der Waals surface area contributed by atoms with Gasteiger partial charge in [-0.1, -0.05) is 30.3 Å². The first-order chi connectivity index (χ1) is 6.43. The van der Waals surface area contributed by atoms with Crippen LogP contribution in [0.5, 0.6) is 0 Å². The molecule has 0 fully saturated rings. The highest BCUT2D eigenvalue weighted by molar-refractivity contribution is 5.14. The monoisotopic (exact) mass is 177 g/mol. The minimum atomic E-state index is 0.655. The number of methoxy groups -OCH3 is 1. The molecular weight excluding hydrogens is 162 g/mol. The summed E-state index contributed by atoms with van der Waals surface area (Å²) in [5, 5.41) is 3.18. The highest BCUT2D eigenvalue weighted by Crippen LogP contribution is 1.96. The normalized spacial score (nSPS) is 10.5. The molecule has 1 rings (SSSR count). The molecule has 0 heterocycles. The van der Waals surface area contributed by atoms with Gasteiger partial charge in [-0.05, 0) is 17.8 Å². The van der Waals surface area contributed by atoms with E-state index in [0.717, 1.165) is 6.54 Å². The molecule has 0 aromatic heterocycles. The quantitative estimate of drug-likeness (QED) is 0.742. The van der Waals surface area contributed by atoms with E-state index in [2.05, 4.69) is 17.4 Å². The van der Waals surface area contributed by atoms with Crippen molar-refractivity contribution in [2.75, 3.05) is 13.7 Å². The van der Waals surface area contributed by atoms with Gasteiger partial charge in [0.1, 0.15) is 0 Å². The van der Waals surface area contributed by atoms with Gasteiger partial charge in [0.05, 0.1) is 6.61 Å². The summed E-state index contributed by atoms with van der Waals surface area (Å²) in [5.74, 6) is 0. The van der Waals surface area contributed by atoms with Crippen LogP contribution in [-0.2, 0) is 11.3 Å². The van der Waals surface area contributed by atoms with Crippen molar-refractivity contribution >= 4 is 0 Å². The summed E-state index contributed by atoms with van der Waals surface area (Å²) in [6, 6.07) is 10.3. The predicted molar refractivity (Wildman–Crippen MR) is 54.3 cm³/mol. The largest absolute Gasteiger partial charge is 0.387 e. The number of hydrogen-bond acceptors (Lipinski definition) is 2. The smallest absolute Gasteiger partial charge is 0.0660 e. The zero-order chi connectivity index (χ0) is 9.36. The molecule has 2 nitrogen and oxygen atoms in total. The summed E-state index contributed by atoms with van der Waals surface area (Å²) in [5.41, 5.74) is 1.28. The van der Waals surface area contributed by atoms with E-state index in [0.29, 0.717) is 6.61 Å². The molecule has 0 aliphatic carbocycles. The van der Waals surface area contributed by atoms with Crippen LogP contribution >= 0.6 is 0 Å². The van der Waals surface area contributed by atoms with Crippen molar-refractivity contribution in [2.45, 2.75) is 6.54 Å². The molecule has 70 valence electrons. The second-order valence-electron chi connectivity index (χ2n) is 2.72. The first kappa shape index (κ1) is 9.81. The average molecular weight is 177 g/mol. The van der Waals surface area contributed by atoms with Crippen LogP contribution in [0.3, 0.4) is 0 Å². The van der Waals surface area contributed by atoms with Crippen molar-refractivity contribution in [2.24, 2.45) is 0 Å². The Bertz CT molecular complexity index is 244. The van der Waals surface area contributed by atoms with Crippen LogP contribution in [0, 0.1) is 0 Å². The van der Waals surface area contributed by atoms with Crippen LogP contribution < -0.4 is 5.32 Å². The van der Waals surface area contributed by atoms with Crippen molar-refractivity contribution in [1.82, 2.24) is 5.32 Å². The van der Waals surface area contributed by atoms with Gasteiger partial charge in [0.2, 0.25) is 0 Å². The molecule has 0 amide bonds. The van der Waals surface area contributed by atoms with Gasteiger partial charge in [0, 0.05) is 13.7 Å². The van der Waals surface area contributed by atoms with Crippen LogP contribution in [-0.4, -0.2) is 13.7 Å². The Balaban J connectivity index is 2.20. The van der Waals surface area contributed by atoms with Gasteiger partial charge < -0.3 is 10.1 Å². The lowest BCUT2D eigenvalue weighted by Gasteiger charge is -1.99. The lowest BCUT2D eigenvalue weighted by atomic mass is 10.2. The predicted octanol–water partition coefficient (Wildman–Crippen LogP) is 1.94. The summed E-state index contributed by atoms with van der Waals surface area (Å²) < 4.78 is 4.87. The van der Waals surface area contributed by atoms with Crippen LogP contribution in [0.2, 0.25) is 0 Å². The van der Waals surface area contributed by atoms with Gasteiger partial charge in [0.15, 0.2) is 0 Å². The van der Waals surface area contributed by atoms with Crippen LogP contribution in [0.4, 0.5) is 0 Å². The Morgan fingerprint density at radius 1 is 1.31 bits per heavy atom. The third-order valence-electron chi connectivity index (χ3n) is 1.65. The maximum atomic E-state index is 4.87. The molecule has 1 aromatic carbocycles. The third kappa shape index (κ3) is 4.33. The van der Waals surface area contributed by atoms with Gasteiger partial charge in [-0.3, -0.25) is 0 Å². The molecular formula is C11H15NO. The summed E-state index contributed by atoms with van der Waals surface area (Å²) in [7, 11) is 1.68. The Labute approximate surface area is 79.2 Å². The van der Waals surface area contributed by atoms with E-state index in [4.69, 9.17) is 4.74 Å². The fourth-order valence-corrected chi connectivity index (χ4v) is 1.00. The van der Waals surface area contributed by atoms with Crippen LogP contribution in [0.15, 0.2) is 42.6 Å². The number of benzene rings is 1.